The molecule has 0 spiro atoms. The number of nitrogens with one attached hydrogen (secondary N) is 2. The zero-order chi connectivity index (χ0) is 31.1. The summed E-state index contributed by atoms with van der Waals surface area (Å²) >= 11 is 6.41. The Morgan fingerprint density at radius 3 is 2.35 bits per heavy atom. The SMILES string of the molecule is Cn1cc(-c2cnc(C(=O)Nc3ccc(C(=O)N4CCN(C(=O)C5(O)CCNCC5)CC4)c(Cl)c3)n2C)c(C(F)(F)F)n1. The van der Waals surface area contributed by atoms with Gasteiger partial charge >= 0.3 is 6.18 Å². The molecule has 2 fully saturated rings. The quantitative estimate of drug-likeness (QED) is 0.397. The van der Waals surface area contributed by atoms with E-state index in [1.54, 1.807) is 9.80 Å². The van der Waals surface area contributed by atoms with Crippen LogP contribution in [-0.4, -0.2) is 96.8 Å². The number of aromatic nitrogens is 4. The first-order valence-corrected chi connectivity index (χ1v) is 13.9. The number of anilines is 1. The molecule has 12 nitrogen and oxygen atoms in total. The van der Waals surface area contributed by atoms with Crippen molar-refractivity contribution in [3.8, 4) is 11.3 Å². The molecule has 43 heavy (non-hydrogen) atoms. The Morgan fingerprint density at radius 2 is 1.72 bits per heavy atom. The van der Waals surface area contributed by atoms with Crippen LogP contribution in [0.1, 0.15) is 39.5 Å². The van der Waals surface area contributed by atoms with Crippen molar-refractivity contribution in [1.82, 2.24) is 34.4 Å². The Labute approximate surface area is 249 Å². The van der Waals surface area contributed by atoms with Crippen molar-refractivity contribution >= 4 is 35.0 Å². The van der Waals surface area contributed by atoms with Gasteiger partial charge in [-0.3, -0.25) is 19.1 Å². The van der Waals surface area contributed by atoms with Gasteiger partial charge in [0.05, 0.1) is 28.0 Å². The fourth-order valence-electron chi connectivity index (χ4n) is 5.34. The van der Waals surface area contributed by atoms with Gasteiger partial charge in [-0.2, -0.15) is 18.3 Å². The maximum absolute atomic E-state index is 13.5. The van der Waals surface area contributed by atoms with E-state index in [4.69, 9.17) is 11.6 Å². The van der Waals surface area contributed by atoms with E-state index in [9.17, 15) is 32.7 Å². The highest BCUT2D eigenvalue weighted by molar-refractivity contribution is 6.34. The Kier molecular flexibility index (Phi) is 8.24. The lowest BCUT2D eigenvalue weighted by Crippen LogP contribution is -2.59. The topological polar surface area (TPSA) is 138 Å². The minimum Gasteiger partial charge on any atom is -0.380 e. The molecule has 0 atom stereocenters. The Balaban J connectivity index is 1.23. The number of halogens is 4. The molecule has 3 N–H and O–H groups in total. The van der Waals surface area contributed by atoms with Crippen LogP contribution in [-0.2, 0) is 25.1 Å². The standard InChI is InChI=1S/C27H30ClF3N8O4/c1-36-15-18(21(35-36)27(29,30)31)20-14-33-22(37(20)2)23(40)34-16-3-4-17(19(28)13-16)24(41)38-9-11-39(12-10-38)25(42)26(43)5-7-32-8-6-26/h3-4,13-15,32,43H,5-12H2,1-2H3,(H,34,40). The minimum atomic E-state index is -4.70. The van der Waals surface area contributed by atoms with Gasteiger partial charge < -0.3 is 30.1 Å². The summed E-state index contributed by atoms with van der Waals surface area (Å²) in [5, 5.41) is 20.0. The number of carbonyl (C=O) groups excluding carboxylic acids is 3. The highest BCUT2D eigenvalue weighted by Gasteiger charge is 2.41. The molecule has 3 aromatic rings. The molecule has 5 rings (SSSR count). The molecule has 0 bridgehead atoms. The number of aliphatic hydroxyl groups is 1. The lowest BCUT2D eigenvalue weighted by Gasteiger charge is -2.40. The third kappa shape index (κ3) is 6.10. The number of imidazole rings is 1. The molecule has 3 amide bonds. The molecule has 0 saturated carbocycles. The number of hydrogen-bond acceptors (Lipinski definition) is 7. The molecule has 16 heteroatoms. The van der Waals surface area contributed by atoms with Crippen LogP contribution in [0.2, 0.25) is 5.02 Å². The van der Waals surface area contributed by atoms with Crippen LogP contribution in [0.4, 0.5) is 18.9 Å². The fraction of sp³-hybridized carbons (Fsp3) is 0.444. The van der Waals surface area contributed by atoms with Crippen molar-refractivity contribution in [2.45, 2.75) is 24.6 Å². The third-order valence-electron chi connectivity index (χ3n) is 7.70. The monoisotopic (exact) mass is 622 g/mol. The highest BCUT2D eigenvalue weighted by atomic mass is 35.5. The summed E-state index contributed by atoms with van der Waals surface area (Å²) in [5.41, 5.74) is -2.20. The number of benzene rings is 1. The molecule has 1 aromatic carbocycles. The van der Waals surface area contributed by atoms with Crippen LogP contribution in [0, 0.1) is 0 Å². The van der Waals surface area contributed by atoms with Gasteiger partial charge in [0.2, 0.25) is 0 Å². The zero-order valence-electron chi connectivity index (χ0n) is 23.4. The van der Waals surface area contributed by atoms with Crippen molar-refractivity contribution < 1.29 is 32.7 Å². The summed E-state index contributed by atoms with van der Waals surface area (Å²) in [6.45, 7) is 2.21. The van der Waals surface area contributed by atoms with Crippen molar-refractivity contribution in [3.63, 3.8) is 0 Å². The number of piperidine rings is 1. The highest BCUT2D eigenvalue weighted by Crippen LogP contribution is 2.36. The number of alkyl halides is 3. The van der Waals surface area contributed by atoms with E-state index in [0.29, 0.717) is 25.9 Å². The third-order valence-corrected chi connectivity index (χ3v) is 8.02. The van der Waals surface area contributed by atoms with E-state index in [-0.39, 0.29) is 71.3 Å². The van der Waals surface area contributed by atoms with Crippen molar-refractivity contribution in [2.24, 2.45) is 14.1 Å². The average Bonchev–Trinajstić information content (AvgIpc) is 3.55. The van der Waals surface area contributed by atoms with Gasteiger partial charge in [-0.1, -0.05) is 11.6 Å². The number of nitrogens with zero attached hydrogens (tertiary/aromatic N) is 6. The van der Waals surface area contributed by atoms with Crippen molar-refractivity contribution in [3.05, 3.63) is 52.7 Å². The van der Waals surface area contributed by atoms with Crippen LogP contribution >= 0.6 is 11.6 Å². The Morgan fingerprint density at radius 1 is 1.07 bits per heavy atom. The van der Waals surface area contributed by atoms with E-state index in [0.717, 1.165) is 10.9 Å². The summed E-state index contributed by atoms with van der Waals surface area (Å²) in [6.07, 6.45) is -1.65. The lowest BCUT2D eigenvalue weighted by atomic mass is 9.90. The lowest BCUT2D eigenvalue weighted by molar-refractivity contribution is -0.155. The first-order chi connectivity index (χ1) is 20.3. The largest absolute Gasteiger partial charge is 0.435 e. The molecule has 4 heterocycles. The van der Waals surface area contributed by atoms with Gasteiger partial charge in [0.1, 0.15) is 5.60 Å². The number of hydrogen-bond donors (Lipinski definition) is 3. The number of amides is 3. The van der Waals surface area contributed by atoms with E-state index in [1.807, 2.05) is 0 Å². The molecule has 2 saturated heterocycles. The molecular weight excluding hydrogens is 593 g/mol. The predicted octanol–water partition coefficient (Wildman–Crippen LogP) is 2.14. The minimum absolute atomic E-state index is 0.0521. The van der Waals surface area contributed by atoms with Crippen LogP contribution in [0.5, 0.6) is 0 Å². The predicted molar refractivity (Wildman–Crippen MR) is 149 cm³/mol. The van der Waals surface area contributed by atoms with E-state index in [1.165, 1.54) is 43.1 Å². The second kappa shape index (κ2) is 11.6. The van der Waals surface area contributed by atoms with Gasteiger partial charge in [0, 0.05) is 52.2 Å². The van der Waals surface area contributed by atoms with Crippen molar-refractivity contribution in [2.75, 3.05) is 44.6 Å². The van der Waals surface area contributed by atoms with Gasteiger partial charge in [0.15, 0.2) is 11.5 Å². The van der Waals surface area contributed by atoms with Gasteiger partial charge in [-0.15, -0.1) is 0 Å². The van der Waals surface area contributed by atoms with E-state index < -0.39 is 23.4 Å². The fourth-order valence-corrected chi connectivity index (χ4v) is 5.60. The normalized spacial score (nSPS) is 17.2. The van der Waals surface area contributed by atoms with Gasteiger partial charge in [0.25, 0.3) is 17.7 Å². The molecule has 2 aromatic heterocycles. The summed E-state index contributed by atoms with van der Waals surface area (Å²) in [4.78, 5) is 46.2. The average molecular weight is 623 g/mol. The number of aryl methyl sites for hydroxylation is 1. The molecule has 230 valence electrons. The molecular formula is C27H30ClF3N8O4. The van der Waals surface area contributed by atoms with Gasteiger partial charge in [-0.05, 0) is 44.1 Å². The summed E-state index contributed by atoms with van der Waals surface area (Å²) in [6, 6.07) is 4.34. The summed E-state index contributed by atoms with van der Waals surface area (Å²) in [5.74, 6) is -1.51. The summed E-state index contributed by atoms with van der Waals surface area (Å²) in [7, 11) is 2.78. The number of piperazine rings is 1. The first kappa shape index (κ1) is 30.5. The second-order valence-electron chi connectivity index (χ2n) is 10.6. The number of rotatable bonds is 5. The molecule has 0 radical (unpaired) electrons. The van der Waals surface area contributed by atoms with E-state index in [2.05, 4.69) is 20.7 Å². The smallest absolute Gasteiger partial charge is 0.380 e. The Hall–Kier alpha value is -3.95. The maximum Gasteiger partial charge on any atom is 0.435 e. The van der Waals surface area contributed by atoms with Crippen molar-refractivity contribution in [1.29, 1.82) is 0 Å². The molecule has 0 unspecified atom stereocenters. The van der Waals surface area contributed by atoms with Crippen LogP contribution in [0.15, 0.2) is 30.6 Å². The van der Waals surface area contributed by atoms with Crippen LogP contribution in [0.3, 0.4) is 0 Å². The van der Waals surface area contributed by atoms with E-state index >= 15 is 0 Å². The zero-order valence-corrected chi connectivity index (χ0v) is 24.2. The first-order valence-electron chi connectivity index (χ1n) is 13.5. The maximum atomic E-state index is 13.5. The molecule has 0 aliphatic carbocycles. The second-order valence-corrected chi connectivity index (χ2v) is 11.0. The van der Waals surface area contributed by atoms with Crippen LogP contribution in [0.25, 0.3) is 11.3 Å². The summed E-state index contributed by atoms with van der Waals surface area (Å²) < 4.78 is 42.6. The molecule has 2 aliphatic rings. The molecule has 2 aliphatic heterocycles. The van der Waals surface area contributed by atoms with Gasteiger partial charge in [-0.25, -0.2) is 4.98 Å². The Bertz CT molecular complexity index is 1560. The number of carbonyl (C=O) groups is 3. The van der Waals surface area contributed by atoms with Crippen LogP contribution < -0.4 is 10.6 Å².